The zero-order valence-electron chi connectivity index (χ0n) is 24.2. The Labute approximate surface area is 252 Å². The van der Waals surface area contributed by atoms with Crippen molar-refractivity contribution in [3.8, 4) is 28.8 Å². The summed E-state index contributed by atoms with van der Waals surface area (Å²) >= 11 is 0. The summed E-state index contributed by atoms with van der Waals surface area (Å²) in [6.45, 7) is 5.29. The number of piperazine rings is 1. The number of aromatic hydroxyl groups is 1. The zero-order valence-corrected chi connectivity index (χ0v) is 25.0. The lowest BCUT2D eigenvalue weighted by Gasteiger charge is -2.47. The van der Waals surface area contributed by atoms with E-state index in [9.17, 15) is 13.5 Å². The summed E-state index contributed by atoms with van der Waals surface area (Å²) in [6.07, 6.45) is 6.23. The fraction of sp³-hybridized carbons (Fsp3) is 0.452. The van der Waals surface area contributed by atoms with Crippen LogP contribution in [0.5, 0.6) is 5.75 Å². The monoisotopic (exact) mass is 600 g/mol. The first-order valence-electron chi connectivity index (χ1n) is 14.7. The first-order chi connectivity index (χ1) is 20.7. The van der Waals surface area contributed by atoms with Gasteiger partial charge in [-0.25, -0.2) is 17.7 Å². The molecule has 0 amide bonds. The van der Waals surface area contributed by atoms with Gasteiger partial charge in [-0.2, -0.15) is 0 Å². The molecule has 0 saturated carbocycles. The van der Waals surface area contributed by atoms with Crippen molar-refractivity contribution in [2.45, 2.75) is 31.3 Å². The number of likely N-dealkylation sites (tertiary alicyclic amines) is 1. The number of aromatic nitrogens is 3. The number of pyridine rings is 1. The molecule has 4 aliphatic heterocycles. The molecule has 2 aromatic heterocycles. The number of benzene rings is 1. The van der Waals surface area contributed by atoms with Gasteiger partial charge in [-0.05, 0) is 55.5 Å². The number of para-hydroxylation sites is 1. The van der Waals surface area contributed by atoms with Gasteiger partial charge in [-0.15, -0.1) is 10.2 Å². The van der Waals surface area contributed by atoms with Gasteiger partial charge in [0.1, 0.15) is 11.4 Å². The molecule has 2 bridgehead atoms. The first kappa shape index (κ1) is 27.9. The van der Waals surface area contributed by atoms with E-state index in [-0.39, 0.29) is 11.2 Å². The maximum atomic E-state index is 11.9. The van der Waals surface area contributed by atoms with Crippen LogP contribution >= 0.6 is 0 Å². The average molecular weight is 601 g/mol. The summed E-state index contributed by atoms with van der Waals surface area (Å²) < 4.78 is 25.4. The number of sulfonamides is 1. The van der Waals surface area contributed by atoms with E-state index in [0.29, 0.717) is 48.8 Å². The molecule has 0 aliphatic carbocycles. The van der Waals surface area contributed by atoms with Gasteiger partial charge in [-0.1, -0.05) is 18.1 Å². The third kappa shape index (κ3) is 5.37. The molecule has 6 heterocycles. The highest BCUT2D eigenvalue weighted by Gasteiger charge is 2.49. The van der Waals surface area contributed by atoms with Crippen molar-refractivity contribution >= 4 is 27.2 Å². The number of nitrogens with two attached hydrogens (primary N) is 1. The molecule has 12 heteroatoms. The Kier molecular flexibility index (Phi) is 6.91. The van der Waals surface area contributed by atoms with Crippen LogP contribution in [-0.2, 0) is 10.0 Å². The Morgan fingerprint density at radius 1 is 1.07 bits per heavy atom. The van der Waals surface area contributed by atoms with Crippen molar-refractivity contribution in [3.63, 3.8) is 0 Å². The van der Waals surface area contributed by atoms with Crippen LogP contribution in [-0.4, -0.2) is 102 Å². The van der Waals surface area contributed by atoms with E-state index in [0.717, 1.165) is 62.5 Å². The summed E-state index contributed by atoms with van der Waals surface area (Å²) in [7, 11) is -3.12. The normalized spacial score (nSPS) is 23.3. The molecule has 11 nitrogen and oxygen atoms in total. The Hall–Kier alpha value is -3.92. The molecule has 2 atom stereocenters. The minimum Gasteiger partial charge on any atom is -0.507 e. The van der Waals surface area contributed by atoms with Crippen molar-refractivity contribution in [1.29, 1.82) is 0 Å². The van der Waals surface area contributed by atoms with Gasteiger partial charge in [-0.3, -0.25) is 4.90 Å². The molecule has 7 rings (SSSR count). The van der Waals surface area contributed by atoms with Crippen molar-refractivity contribution in [3.05, 3.63) is 54.4 Å². The molecule has 2 unspecified atom stereocenters. The quantitative estimate of drug-likeness (QED) is 0.419. The SMILES string of the molecule is CS(=O)(=O)N1CCC2(CN(CC#Cc3cc(N4C5CCC4CN(c4cc(-c6ccccc6O)nnc4N)C5)ccn3)C2)C1. The van der Waals surface area contributed by atoms with E-state index >= 15 is 0 Å². The number of phenolic OH excluding ortho intramolecular Hbond substituents is 1. The second-order valence-corrected chi connectivity index (χ2v) is 14.4. The van der Waals surface area contributed by atoms with Crippen LogP contribution in [0.2, 0.25) is 0 Å². The van der Waals surface area contributed by atoms with E-state index in [1.807, 2.05) is 24.4 Å². The third-order valence-electron chi connectivity index (χ3n) is 9.36. The molecule has 4 saturated heterocycles. The average Bonchev–Trinajstić information content (AvgIpc) is 3.53. The molecule has 43 heavy (non-hydrogen) atoms. The van der Waals surface area contributed by atoms with Crippen molar-refractivity contribution in [2.24, 2.45) is 5.41 Å². The second kappa shape index (κ2) is 10.7. The lowest BCUT2D eigenvalue weighted by Crippen LogP contribution is -2.57. The number of anilines is 3. The molecule has 3 aromatic rings. The maximum absolute atomic E-state index is 11.9. The number of nitrogen functional groups attached to an aromatic ring is 1. The van der Waals surface area contributed by atoms with Crippen molar-refractivity contribution < 1.29 is 13.5 Å². The fourth-order valence-electron chi connectivity index (χ4n) is 7.33. The largest absolute Gasteiger partial charge is 0.507 e. The van der Waals surface area contributed by atoms with Crippen LogP contribution < -0.4 is 15.5 Å². The molecular formula is C31H36N8O3S. The number of phenols is 1. The van der Waals surface area contributed by atoms with Crippen molar-refractivity contribution in [1.82, 2.24) is 24.4 Å². The number of hydrogen-bond acceptors (Lipinski definition) is 10. The van der Waals surface area contributed by atoms with Gasteiger partial charge in [0.2, 0.25) is 10.0 Å². The van der Waals surface area contributed by atoms with Crippen LogP contribution in [0.4, 0.5) is 17.2 Å². The minimum atomic E-state index is -3.12. The van der Waals surface area contributed by atoms with Crippen molar-refractivity contribution in [2.75, 3.05) is 67.6 Å². The smallest absolute Gasteiger partial charge is 0.211 e. The minimum absolute atomic E-state index is 0.0895. The van der Waals surface area contributed by atoms with Gasteiger partial charge in [0.15, 0.2) is 5.82 Å². The van der Waals surface area contributed by atoms with Gasteiger partial charge >= 0.3 is 0 Å². The van der Waals surface area contributed by atoms with Crippen LogP contribution in [0.15, 0.2) is 48.7 Å². The van der Waals surface area contributed by atoms with Crippen LogP contribution in [0.25, 0.3) is 11.3 Å². The molecule has 1 aromatic carbocycles. The number of hydrogen-bond donors (Lipinski definition) is 2. The fourth-order valence-corrected chi connectivity index (χ4v) is 8.26. The molecular weight excluding hydrogens is 564 g/mol. The van der Waals surface area contributed by atoms with E-state index in [1.165, 1.54) is 6.26 Å². The highest BCUT2D eigenvalue weighted by atomic mass is 32.2. The summed E-state index contributed by atoms with van der Waals surface area (Å²) in [4.78, 5) is 11.6. The molecule has 224 valence electrons. The Balaban J connectivity index is 1.00. The molecule has 1 spiro atoms. The van der Waals surface area contributed by atoms with Gasteiger partial charge < -0.3 is 20.6 Å². The summed E-state index contributed by atoms with van der Waals surface area (Å²) in [5, 5.41) is 18.8. The Bertz CT molecular complexity index is 1700. The number of nitrogens with zero attached hydrogens (tertiary/aromatic N) is 7. The summed E-state index contributed by atoms with van der Waals surface area (Å²) in [5.41, 5.74) is 10.4. The molecule has 0 radical (unpaired) electrons. The van der Waals surface area contributed by atoms with E-state index in [4.69, 9.17) is 5.73 Å². The predicted molar refractivity (Wildman–Crippen MR) is 166 cm³/mol. The first-order valence-corrected chi connectivity index (χ1v) is 16.6. The summed E-state index contributed by atoms with van der Waals surface area (Å²) in [5.74, 6) is 7.10. The van der Waals surface area contributed by atoms with Crippen LogP contribution in [0, 0.1) is 17.3 Å². The number of fused-ring (bicyclic) bond motifs is 2. The number of rotatable bonds is 5. The molecule has 3 N–H and O–H groups in total. The maximum Gasteiger partial charge on any atom is 0.211 e. The topological polar surface area (TPSA) is 132 Å². The van der Waals surface area contributed by atoms with Gasteiger partial charge in [0.25, 0.3) is 0 Å². The van der Waals surface area contributed by atoms with E-state index < -0.39 is 10.0 Å². The summed E-state index contributed by atoms with van der Waals surface area (Å²) in [6, 6.07) is 13.8. The van der Waals surface area contributed by atoms with Crippen LogP contribution in [0.1, 0.15) is 25.0 Å². The zero-order chi connectivity index (χ0) is 29.8. The highest BCUT2D eigenvalue weighted by molar-refractivity contribution is 7.88. The lowest BCUT2D eigenvalue weighted by atomic mass is 9.79. The third-order valence-corrected chi connectivity index (χ3v) is 10.6. The molecule has 4 fully saturated rings. The van der Waals surface area contributed by atoms with E-state index in [1.54, 1.807) is 16.4 Å². The standard InChI is InChI=1S/C31H36N8O3S/c1-43(41,42)38-14-11-31(21-38)19-36(20-31)13-4-5-22-15-23(10-12-33-22)39-24-8-9-25(39)18-37(17-24)28-16-27(34-35-30(28)32)26-6-2-3-7-29(26)40/h2-3,6-7,10,12,15-16,24-25,40H,8-9,11,13-14,17-21H2,1H3,(H2,32,35). The van der Waals surface area contributed by atoms with Crippen LogP contribution in [0.3, 0.4) is 0 Å². The predicted octanol–water partition coefficient (Wildman–Crippen LogP) is 2.00. The molecule has 4 aliphatic rings. The second-order valence-electron chi connectivity index (χ2n) is 12.4. The Morgan fingerprint density at radius 2 is 1.84 bits per heavy atom. The van der Waals surface area contributed by atoms with Gasteiger partial charge in [0, 0.05) is 74.2 Å². The lowest BCUT2D eigenvalue weighted by molar-refractivity contribution is 0.0248. The van der Waals surface area contributed by atoms with E-state index in [2.05, 4.69) is 53.9 Å². The highest BCUT2D eigenvalue weighted by Crippen LogP contribution is 2.41. The Morgan fingerprint density at radius 3 is 2.56 bits per heavy atom. The van der Waals surface area contributed by atoms with Gasteiger partial charge in [0.05, 0.1) is 24.2 Å².